The Hall–Kier alpha value is -1.12. The Kier molecular flexibility index (Phi) is 2.75. The van der Waals surface area contributed by atoms with Crippen LogP contribution in [-0.2, 0) is 0 Å². The zero-order valence-corrected chi connectivity index (χ0v) is 7.74. The normalized spacial score (nSPS) is 15.7. The van der Waals surface area contributed by atoms with Crippen molar-refractivity contribution in [2.45, 2.75) is 25.7 Å². The lowest BCUT2D eigenvalue weighted by atomic mass is 10.2. The van der Waals surface area contributed by atoms with E-state index < -0.39 is 0 Å². The topological polar surface area (TPSA) is 37.8 Å². The zero-order chi connectivity index (χ0) is 8.93. The Balaban J connectivity index is 1.61. The second kappa shape index (κ2) is 4.21. The SMILES string of the molecule is c1cc(NCCCC2CC2)ncn1. The number of hydrogen-bond donors (Lipinski definition) is 1. The average molecular weight is 177 g/mol. The smallest absolute Gasteiger partial charge is 0.129 e. The molecule has 1 saturated carbocycles. The first-order chi connectivity index (χ1) is 6.45. The fraction of sp³-hybridized carbons (Fsp3) is 0.600. The van der Waals surface area contributed by atoms with Crippen LogP contribution in [0, 0.1) is 5.92 Å². The number of rotatable bonds is 5. The Labute approximate surface area is 78.6 Å². The molecule has 2 rings (SSSR count). The summed E-state index contributed by atoms with van der Waals surface area (Å²) in [7, 11) is 0. The lowest BCUT2D eigenvalue weighted by molar-refractivity contribution is 0.686. The minimum Gasteiger partial charge on any atom is -0.370 e. The van der Waals surface area contributed by atoms with Crippen molar-refractivity contribution in [2.24, 2.45) is 5.92 Å². The van der Waals surface area contributed by atoms with Crippen molar-refractivity contribution in [3.05, 3.63) is 18.6 Å². The molecule has 0 bridgehead atoms. The summed E-state index contributed by atoms with van der Waals surface area (Å²) in [6, 6.07) is 1.90. The third-order valence-corrected chi connectivity index (χ3v) is 2.37. The first-order valence-corrected chi connectivity index (χ1v) is 4.95. The highest BCUT2D eigenvalue weighted by Crippen LogP contribution is 2.33. The van der Waals surface area contributed by atoms with Crippen LogP contribution in [0.1, 0.15) is 25.7 Å². The summed E-state index contributed by atoms with van der Waals surface area (Å²) in [5, 5.41) is 3.28. The Morgan fingerprint density at radius 1 is 1.46 bits per heavy atom. The van der Waals surface area contributed by atoms with Crippen molar-refractivity contribution in [3.8, 4) is 0 Å². The molecule has 1 fully saturated rings. The molecule has 1 aromatic heterocycles. The highest BCUT2D eigenvalue weighted by molar-refractivity contribution is 5.31. The van der Waals surface area contributed by atoms with Gasteiger partial charge in [0.15, 0.2) is 0 Å². The second-order valence-corrected chi connectivity index (χ2v) is 3.61. The minimum absolute atomic E-state index is 0.936. The highest BCUT2D eigenvalue weighted by Gasteiger charge is 2.19. The maximum Gasteiger partial charge on any atom is 0.129 e. The van der Waals surface area contributed by atoms with Gasteiger partial charge in [-0.05, 0) is 24.8 Å². The van der Waals surface area contributed by atoms with E-state index >= 15 is 0 Å². The molecule has 1 heterocycles. The molecule has 0 unspecified atom stereocenters. The van der Waals surface area contributed by atoms with Crippen LogP contribution >= 0.6 is 0 Å². The molecule has 0 spiro atoms. The van der Waals surface area contributed by atoms with Crippen molar-refractivity contribution in [3.63, 3.8) is 0 Å². The highest BCUT2D eigenvalue weighted by atomic mass is 15.0. The van der Waals surface area contributed by atoms with Gasteiger partial charge in [0.25, 0.3) is 0 Å². The van der Waals surface area contributed by atoms with Gasteiger partial charge < -0.3 is 5.32 Å². The molecule has 0 amide bonds. The van der Waals surface area contributed by atoms with E-state index in [1.54, 1.807) is 12.5 Å². The molecule has 70 valence electrons. The molecule has 0 aliphatic heterocycles. The maximum atomic E-state index is 4.09. The minimum atomic E-state index is 0.936. The Morgan fingerprint density at radius 3 is 3.08 bits per heavy atom. The molecular formula is C10H15N3. The zero-order valence-electron chi connectivity index (χ0n) is 7.74. The van der Waals surface area contributed by atoms with Crippen LogP contribution in [0.5, 0.6) is 0 Å². The van der Waals surface area contributed by atoms with Crippen molar-refractivity contribution in [1.82, 2.24) is 9.97 Å². The van der Waals surface area contributed by atoms with Crippen molar-refractivity contribution in [1.29, 1.82) is 0 Å². The Morgan fingerprint density at radius 2 is 2.38 bits per heavy atom. The van der Waals surface area contributed by atoms with Crippen LogP contribution < -0.4 is 5.32 Å². The number of anilines is 1. The average Bonchev–Trinajstić information content (AvgIpc) is 2.98. The van der Waals surface area contributed by atoms with Gasteiger partial charge in [0.05, 0.1) is 0 Å². The Bertz CT molecular complexity index is 244. The van der Waals surface area contributed by atoms with E-state index in [2.05, 4.69) is 15.3 Å². The summed E-state index contributed by atoms with van der Waals surface area (Å²) >= 11 is 0. The first kappa shape index (κ1) is 8.48. The van der Waals surface area contributed by atoms with E-state index in [9.17, 15) is 0 Å². The van der Waals surface area contributed by atoms with Gasteiger partial charge in [-0.1, -0.05) is 12.8 Å². The standard InChI is InChI=1S/C10H15N3/c1(2-9-3-4-9)6-12-10-5-7-11-8-13-10/h5,7-9H,1-4,6H2,(H,11,12,13). The van der Waals surface area contributed by atoms with Crippen LogP contribution in [0.15, 0.2) is 18.6 Å². The maximum absolute atomic E-state index is 4.09. The van der Waals surface area contributed by atoms with E-state index in [1.807, 2.05) is 6.07 Å². The summed E-state index contributed by atoms with van der Waals surface area (Å²) in [6.45, 7) is 1.04. The van der Waals surface area contributed by atoms with E-state index in [4.69, 9.17) is 0 Å². The monoisotopic (exact) mass is 177 g/mol. The third-order valence-electron chi connectivity index (χ3n) is 2.37. The molecule has 3 heteroatoms. The summed E-state index contributed by atoms with van der Waals surface area (Å²) < 4.78 is 0. The summed E-state index contributed by atoms with van der Waals surface area (Å²) in [5.41, 5.74) is 0. The lowest BCUT2D eigenvalue weighted by Gasteiger charge is -2.03. The van der Waals surface area contributed by atoms with Gasteiger partial charge in [-0.25, -0.2) is 9.97 Å². The molecule has 0 atom stereocenters. The van der Waals surface area contributed by atoms with E-state index in [0.29, 0.717) is 0 Å². The molecule has 1 aromatic rings. The number of aromatic nitrogens is 2. The number of nitrogens with one attached hydrogen (secondary N) is 1. The van der Waals surface area contributed by atoms with Gasteiger partial charge in [0.1, 0.15) is 12.1 Å². The van der Waals surface area contributed by atoms with Gasteiger partial charge in [-0.15, -0.1) is 0 Å². The van der Waals surface area contributed by atoms with Crippen molar-refractivity contribution >= 4 is 5.82 Å². The molecule has 1 aliphatic carbocycles. The van der Waals surface area contributed by atoms with Crippen molar-refractivity contribution in [2.75, 3.05) is 11.9 Å². The predicted octanol–water partition coefficient (Wildman–Crippen LogP) is 2.08. The van der Waals surface area contributed by atoms with E-state index in [-0.39, 0.29) is 0 Å². The van der Waals surface area contributed by atoms with E-state index in [1.165, 1.54) is 25.7 Å². The summed E-state index contributed by atoms with van der Waals surface area (Å²) in [6.07, 6.45) is 8.87. The van der Waals surface area contributed by atoms with Crippen LogP contribution in [-0.4, -0.2) is 16.5 Å². The molecule has 1 aliphatic rings. The molecule has 0 radical (unpaired) electrons. The van der Waals surface area contributed by atoms with Gasteiger partial charge in [0, 0.05) is 12.7 Å². The predicted molar refractivity (Wildman–Crippen MR) is 52.5 cm³/mol. The third kappa shape index (κ3) is 3.01. The summed E-state index contributed by atoms with van der Waals surface area (Å²) in [4.78, 5) is 7.95. The molecule has 13 heavy (non-hydrogen) atoms. The van der Waals surface area contributed by atoms with Gasteiger partial charge in [-0.2, -0.15) is 0 Å². The molecule has 0 saturated heterocycles. The van der Waals surface area contributed by atoms with E-state index in [0.717, 1.165) is 18.3 Å². The molecule has 3 nitrogen and oxygen atoms in total. The summed E-state index contributed by atoms with van der Waals surface area (Å²) in [5.74, 6) is 1.97. The number of nitrogens with zero attached hydrogens (tertiary/aromatic N) is 2. The molecular weight excluding hydrogens is 162 g/mol. The van der Waals surface area contributed by atoms with Gasteiger partial charge in [-0.3, -0.25) is 0 Å². The van der Waals surface area contributed by atoms with Crippen molar-refractivity contribution < 1.29 is 0 Å². The molecule has 1 N–H and O–H groups in total. The fourth-order valence-corrected chi connectivity index (χ4v) is 1.41. The van der Waals surface area contributed by atoms with Gasteiger partial charge >= 0.3 is 0 Å². The fourth-order valence-electron chi connectivity index (χ4n) is 1.41. The lowest BCUT2D eigenvalue weighted by Crippen LogP contribution is -2.03. The number of hydrogen-bond acceptors (Lipinski definition) is 3. The second-order valence-electron chi connectivity index (χ2n) is 3.61. The van der Waals surface area contributed by atoms with Crippen LogP contribution in [0.2, 0.25) is 0 Å². The van der Waals surface area contributed by atoms with Gasteiger partial charge in [0.2, 0.25) is 0 Å². The quantitative estimate of drug-likeness (QED) is 0.700. The van der Waals surface area contributed by atoms with Crippen LogP contribution in [0.4, 0.5) is 5.82 Å². The molecule has 0 aromatic carbocycles. The van der Waals surface area contributed by atoms with Crippen LogP contribution in [0.3, 0.4) is 0 Å². The largest absolute Gasteiger partial charge is 0.370 e. The first-order valence-electron chi connectivity index (χ1n) is 4.95. The van der Waals surface area contributed by atoms with Crippen LogP contribution in [0.25, 0.3) is 0 Å².